The molecule has 0 radical (unpaired) electrons. The summed E-state index contributed by atoms with van der Waals surface area (Å²) < 4.78 is 10.8. The summed E-state index contributed by atoms with van der Waals surface area (Å²) in [6.45, 7) is -0.621. The van der Waals surface area contributed by atoms with E-state index >= 15 is 0 Å². The molecule has 0 bridgehead atoms. The summed E-state index contributed by atoms with van der Waals surface area (Å²) in [7, 11) is 0. The second-order valence-corrected chi connectivity index (χ2v) is 4.48. The molecule has 1 unspecified atom stereocenters. The van der Waals surface area contributed by atoms with Crippen molar-refractivity contribution < 1.29 is 29.9 Å². The van der Waals surface area contributed by atoms with E-state index in [0.717, 1.165) is 5.56 Å². The lowest BCUT2D eigenvalue weighted by Gasteiger charge is -2.37. The molecule has 1 saturated heterocycles. The van der Waals surface area contributed by atoms with E-state index in [-0.39, 0.29) is 6.61 Å². The molecular formula is C13H18O6. The van der Waals surface area contributed by atoms with Crippen molar-refractivity contribution in [3.8, 4) is 0 Å². The minimum absolute atomic E-state index is 0.0144. The highest BCUT2D eigenvalue weighted by molar-refractivity contribution is 5.16. The van der Waals surface area contributed by atoms with Crippen LogP contribution in [0.1, 0.15) is 11.9 Å². The molecular weight excluding hydrogens is 252 g/mol. The molecule has 0 aromatic heterocycles. The van der Waals surface area contributed by atoms with Gasteiger partial charge in [0.05, 0.1) is 13.2 Å². The largest absolute Gasteiger partial charge is 0.394 e. The van der Waals surface area contributed by atoms with E-state index in [1.54, 1.807) is 12.1 Å². The van der Waals surface area contributed by atoms with Crippen molar-refractivity contribution >= 4 is 0 Å². The Bertz CT molecular complexity index is 384. The Hall–Kier alpha value is -1.02. The summed E-state index contributed by atoms with van der Waals surface area (Å²) in [4.78, 5) is 0. The third-order valence-electron chi connectivity index (χ3n) is 3.07. The predicted octanol–water partition coefficient (Wildman–Crippen LogP) is -0.824. The zero-order chi connectivity index (χ0) is 13.8. The summed E-state index contributed by atoms with van der Waals surface area (Å²) in [5, 5.41) is 37.8. The number of ether oxygens (including phenoxy) is 2. The molecule has 4 N–H and O–H groups in total. The van der Waals surface area contributed by atoms with E-state index in [0.29, 0.717) is 0 Å². The van der Waals surface area contributed by atoms with E-state index < -0.39 is 37.3 Å². The first-order valence-corrected chi connectivity index (χ1v) is 6.10. The summed E-state index contributed by atoms with van der Waals surface area (Å²) in [5.41, 5.74) is 0.755. The third-order valence-corrected chi connectivity index (χ3v) is 3.07. The van der Waals surface area contributed by atoms with Crippen LogP contribution in [0.4, 0.5) is 0 Å². The van der Waals surface area contributed by atoms with Gasteiger partial charge in [-0.1, -0.05) is 30.3 Å². The smallest absolute Gasteiger partial charge is 0.184 e. The fourth-order valence-electron chi connectivity index (χ4n) is 1.97. The second-order valence-electron chi connectivity index (χ2n) is 4.48. The van der Waals surface area contributed by atoms with Crippen LogP contribution in [0, 0.1) is 0 Å². The standard InChI is InChI=1S/C13H18O6/c14-6-9(15)11(17)12-10(16)7-18-13(19-12)8-4-2-1-3-5-8/h1-5,9-17H,6-7H2/t9-,10+,11-,12-,13?/m1/s1. The van der Waals surface area contributed by atoms with Gasteiger partial charge in [-0.15, -0.1) is 0 Å². The van der Waals surface area contributed by atoms with Gasteiger partial charge in [0.1, 0.15) is 24.4 Å². The van der Waals surface area contributed by atoms with Crippen molar-refractivity contribution in [2.24, 2.45) is 0 Å². The van der Waals surface area contributed by atoms with Crippen LogP contribution >= 0.6 is 0 Å². The van der Waals surface area contributed by atoms with Crippen molar-refractivity contribution in [3.63, 3.8) is 0 Å². The lowest BCUT2D eigenvalue weighted by molar-refractivity contribution is -0.284. The van der Waals surface area contributed by atoms with Gasteiger partial charge < -0.3 is 29.9 Å². The van der Waals surface area contributed by atoms with Gasteiger partial charge >= 0.3 is 0 Å². The van der Waals surface area contributed by atoms with Crippen LogP contribution in [0.25, 0.3) is 0 Å². The van der Waals surface area contributed by atoms with Gasteiger partial charge in [-0.25, -0.2) is 0 Å². The van der Waals surface area contributed by atoms with Gasteiger partial charge in [-0.2, -0.15) is 0 Å². The van der Waals surface area contributed by atoms with Crippen LogP contribution in [0.15, 0.2) is 30.3 Å². The SMILES string of the molecule is OC[C@@H](O)[C@@H](O)[C@@H]1OC(c2ccccc2)OC[C@@H]1O. The molecule has 2 rings (SSSR count). The van der Waals surface area contributed by atoms with Crippen molar-refractivity contribution in [3.05, 3.63) is 35.9 Å². The van der Waals surface area contributed by atoms with Gasteiger partial charge in [0, 0.05) is 5.56 Å². The number of benzene rings is 1. The molecule has 0 spiro atoms. The average molecular weight is 270 g/mol. The Kier molecular flexibility index (Phi) is 4.87. The van der Waals surface area contributed by atoms with Gasteiger partial charge in [0.15, 0.2) is 6.29 Å². The summed E-state index contributed by atoms with van der Waals surface area (Å²) in [5.74, 6) is 0. The number of aliphatic hydroxyl groups excluding tert-OH is 4. The van der Waals surface area contributed by atoms with Gasteiger partial charge in [-0.05, 0) is 0 Å². The molecule has 1 fully saturated rings. The van der Waals surface area contributed by atoms with Crippen molar-refractivity contribution in [2.75, 3.05) is 13.2 Å². The van der Waals surface area contributed by atoms with Crippen LogP contribution in [-0.4, -0.2) is 58.1 Å². The third kappa shape index (κ3) is 3.30. The lowest BCUT2D eigenvalue weighted by Crippen LogP contribution is -2.52. The summed E-state index contributed by atoms with van der Waals surface area (Å²) in [6.07, 6.45) is -5.53. The Labute approximate surface area is 110 Å². The number of aliphatic hydroxyl groups is 4. The zero-order valence-electron chi connectivity index (χ0n) is 10.3. The normalized spacial score (nSPS) is 30.8. The highest BCUT2D eigenvalue weighted by Crippen LogP contribution is 2.28. The van der Waals surface area contributed by atoms with Crippen molar-refractivity contribution in [1.82, 2.24) is 0 Å². The van der Waals surface area contributed by atoms with E-state index in [4.69, 9.17) is 14.6 Å². The van der Waals surface area contributed by atoms with Crippen LogP contribution in [-0.2, 0) is 9.47 Å². The van der Waals surface area contributed by atoms with Gasteiger partial charge in [0.25, 0.3) is 0 Å². The van der Waals surface area contributed by atoms with E-state index in [2.05, 4.69) is 0 Å². The van der Waals surface area contributed by atoms with Crippen LogP contribution in [0.2, 0.25) is 0 Å². The molecule has 1 aromatic carbocycles. The molecule has 106 valence electrons. The molecule has 19 heavy (non-hydrogen) atoms. The molecule has 6 nitrogen and oxygen atoms in total. The first-order chi connectivity index (χ1) is 9.13. The summed E-state index contributed by atoms with van der Waals surface area (Å²) >= 11 is 0. The topological polar surface area (TPSA) is 99.4 Å². The lowest BCUT2D eigenvalue weighted by atomic mass is 10.0. The Morgan fingerprint density at radius 3 is 2.53 bits per heavy atom. The maximum absolute atomic E-state index is 9.83. The Morgan fingerprint density at radius 1 is 1.21 bits per heavy atom. The second kappa shape index (κ2) is 6.42. The first kappa shape index (κ1) is 14.4. The molecule has 1 aliphatic rings. The van der Waals surface area contributed by atoms with Crippen LogP contribution in [0.5, 0.6) is 0 Å². The van der Waals surface area contributed by atoms with E-state index in [1.165, 1.54) is 0 Å². The molecule has 1 aromatic rings. The summed E-state index contributed by atoms with van der Waals surface area (Å²) in [6, 6.07) is 9.09. The van der Waals surface area contributed by atoms with Crippen molar-refractivity contribution in [2.45, 2.75) is 30.7 Å². The minimum atomic E-state index is -1.38. The monoisotopic (exact) mass is 270 g/mol. The predicted molar refractivity (Wildman–Crippen MR) is 65.1 cm³/mol. The molecule has 0 amide bonds. The highest BCUT2D eigenvalue weighted by atomic mass is 16.7. The Morgan fingerprint density at radius 2 is 1.89 bits per heavy atom. The quantitative estimate of drug-likeness (QED) is 0.570. The van der Waals surface area contributed by atoms with E-state index in [1.807, 2.05) is 18.2 Å². The number of hydrogen-bond acceptors (Lipinski definition) is 6. The van der Waals surface area contributed by atoms with Gasteiger partial charge in [-0.3, -0.25) is 0 Å². The zero-order valence-corrected chi connectivity index (χ0v) is 10.3. The average Bonchev–Trinajstić information content (AvgIpc) is 2.47. The molecule has 0 saturated carbocycles. The van der Waals surface area contributed by atoms with Crippen molar-refractivity contribution in [1.29, 1.82) is 0 Å². The fourth-order valence-corrected chi connectivity index (χ4v) is 1.97. The highest BCUT2D eigenvalue weighted by Gasteiger charge is 2.39. The maximum Gasteiger partial charge on any atom is 0.184 e. The van der Waals surface area contributed by atoms with Gasteiger partial charge in [0.2, 0.25) is 0 Å². The number of rotatable bonds is 4. The molecule has 0 aliphatic carbocycles. The fraction of sp³-hybridized carbons (Fsp3) is 0.538. The Balaban J connectivity index is 2.08. The molecule has 6 heteroatoms. The number of hydrogen-bond donors (Lipinski definition) is 4. The van der Waals surface area contributed by atoms with E-state index in [9.17, 15) is 15.3 Å². The first-order valence-electron chi connectivity index (χ1n) is 6.10. The molecule has 5 atom stereocenters. The minimum Gasteiger partial charge on any atom is -0.394 e. The maximum atomic E-state index is 9.83. The molecule has 1 heterocycles. The van der Waals surface area contributed by atoms with Crippen LogP contribution in [0.3, 0.4) is 0 Å². The van der Waals surface area contributed by atoms with Crippen LogP contribution < -0.4 is 0 Å². The molecule has 1 aliphatic heterocycles.